The van der Waals surface area contributed by atoms with Crippen LogP contribution in [0.1, 0.15) is 81.6 Å². The van der Waals surface area contributed by atoms with E-state index in [0.29, 0.717) is 5.54 Å². The molecule has 0 aliphatic rings. The van der Waals surface area contributed by atoms with Gasteiger partial charge in [-0.3, -0.25) is 0 Å². The van der Waals surface area contributed by atoms with Crippen LogP contribution in [0.4, 0.5) is 0 Å². The largest absolute Gasteiger partial charge is 0.455 e. The molecule has 2 nitrogen and oxygen atoms in total. The van der Waals surface area contributed by atoms with Crippen molar-refractivity contribution in [2.45, 2.75) is 162 Å². The summed E-state index contributed by atoms with van der Waals surface area (Å²) in [5, 5.41) is 0. The fraction of sp³-hybridized carbons (Fsp3) is 0.931. The molecule has 228 valence electrons. The zero-order valence-electron chi connectivity index (χ0n) is 26.8. The van der Waals surface area contributed by atoms with Crippen molar-refractivity contribution < 1.29 is 8.91 Å². The molecular weight excluding hydrogens is 564 g/mol. The first-order valence-corrected chi connectivity index (χ1v) is 27.5. The van der Waals surface area contributed by atoms with Crippen LogP contribution in [0, 0.1) is 0 Å². The Bertz CT molecular complexity index is 560. The molecule has 0 fully saturated rings. The van der Waals surface area contributed by atoms with E-state index in [1.807, 2.05) is 6.55 Å². The van der Waals surface area contributed by atoms with Gasteiger partial charge in [0, 0.05) is 11.8 Å². The topological polar surface area (TPSA) is 29.5 Å². The molecule has 37 heavy (non-hydrogen) atoms. The molecule has 0 aliphatic carbocycles. The van der Waals surface area contributed by atoms with Gasteiger partial charge in [0.25, 0.3) is 0 Å². The summed E-state index contributed by atoms with van der Waals surface area (Å²) in [6.07, 6.45) is 4.65. The van der Waals surface area contributed by atoms with Crippen LogP contribution in [0.15, 0.2) is 12.2 Å². The summed E-state index contributed by atoms with van der Waals surface area (Å²) >= 11 is 11.4. The van der Waals surface area contributed by atoms with Crippen molar-refractivity contribution in [1.82, 2.24) is 0 Å². The normalized spacial score (nSPS) is 16.4. The minimum absolute atomic E-state index is 0. The molecule has 4 unspecified atom stereocenters. The predicted octanol–water partition coefficient (Wildman–Crippen LogP) is 12.1. The monoisotopic (exact) mass is 632 g/mol. The number of hydrogen-bond donors (Lipinski definition) is 1. The summed E-state index contributed by atoms with van der Waals surface area (Å²) in [6.45, 7) is 33.4. The molecule has 0 aliphatic heterocycles. The minimum atomic E-state index is -1.78. The molecule has 0 bridgehead atoms. The van der Waals surface area contributed by atoms with Crippen LogP contribution in [-0.2, 0) is 4.12 Å². The Morgan fingerprint density at radius 2 is 1.24 bits per heavy atom. The minimum Gasteiger partial charge on any atom is -0.455 e. The van der Waals surface area contributed by atoms with E-state index in [0.717, 1.165) is 36.2 Å². The maximum atomic E-state index is 9.73. The molecular formula is C29H70Cl2O2Si4. The second-order valence-electron chi connectivity index (χ2n) is 12.7. The van der Waals surface area contributed by atoms with Crippen molar-refractivity contribution >= 4 is 56.2 Å². The first-order chi connectivity index (χ1) is 16.3. The van der Waals surface area contributed by atoms with Crippen LogP contribution in [0.3, 0.4) is 0 Å². The Morgan fingerprint density at radius 3 is 1.54 bits per heavy atom. The molecule has 0 aromatic heterocycles. The van der Waals surface area contributed by atoms with E-state index in [9.17, 15) is 4.80 Å². The fourth-order valence-corrected chi connectivity index (χ4v) is 19.0. The average molecular weight is 634 g/mol. The van der Waals surface area contributed by atoms with Crippen molar-refractivity contribution in [3.63, 3.8) is 0 Å². The Labute approximate surface area is 250 Å². The smallest absolute Gasteiger partial charge is 0.188 e. The van der Waals surface area contributed by atoms with Gasteiger partial charge in [-0.25, -0.2) is 0 Å². The van der Waals surface area contributed by atoms with E-state index in [1.54, 1.807) is 0 Å². The first-order valence-electron chi connectivity index (χ1n) is 14.5. The summed E-state index contributed by atoms with van der Waals surface area (Å²) < 4.78 is 6.65. The molecule has 0 aromatic rings. The van der Waals surface area contributed by atoms with E-state index in [2.05, 4.69) is 87.8 Å². The zero-order valence-corrected chi connectivity index (χ0v) is 32.3. The highest BCUT2D eigenvalue weighted by Crippen LogP contribution is 2.33. The maximum absolute atomic E-state index is 9.73. The highest BCUT2D eigenvalue weighted by atomic mass is 35.5. The van der Waals surface area contributed by atoms with Gasteiger partial charge in [0.15, 0.2) is 25.0 Å². The molecule has 0 aromatic carbocycles. The van der Waals surface area contributed by atoms with Gasteiger partial charge in [0.1, 0.15) is 0 Å². The van der Waals surface area contributed by atoms with E-state index in [4.69, 9.17) is 27.3 Å². The Balaban J connectivity index is -0.000000228. The summed E-state index contributed by atoms with van der Waals surface area (Å²) in [4.78, 5) is 9.73. The third-order valence-electron chi connectivity index (χ3n) is 7.94. The SMILES string of the molecule is C.C=C(C)C[Si](C)(C)CCCCl.CCC(C)[Si](C)(CC)O[Si](C)(C)CCCCl.CCC(C)[Si](C)(O)CC. The molecule has 1 N–H and O–H groups in total. The highest BCUT2D eigenvalue weighted by Gasteiger charge is 2.38. The Kier molecular flexibility index (Phi) is 27.7. The lowest BCUT2D eigenvalue weighted by atomic mass is 10.4. The van der Waals surface area contributed by atoms with E-state index < -0.39 is 33.0 Å². The van der Waals surface area contributed by atoms with Crippen LogP contribution in [-0.4, -0.2) is 49.6 Å². The van der Waals surface area contributed by atoms with Crippen LogP contribution < -0.4 is 0 Å². The van der Waals surface area contributed by atoms with Crippen LogP contribution in [0.25, 0.3) is 0 Å². The quantitative estimate of drug-likeness (QED) is 0.104. The lowest BCUT2D eigenvalue weighted by molar-refractivity contribution is 0.504. The Hall–Kier alpha value is 1.11. The van der Waals surface area contributed by atoms with Crippen molar-refractivity contribution in [2.24, 2.45) is 0 Å². The molecule has 0 rings (SSSR count). The van der Waals surface area contributed by atoms with Gasteiger partial charge in [-0.15, -0.1) is 29.8 Å². The second-order valence-corrected chi connectivity index (χ2v) is 32.2. The molecule has 0 saturated carbocycles. The third-order valence-corrected chi connectivity index (χ3v) is 25.2. The number of alkyl halides is 2. The number of halogens is 2. The van der Waals surface area contributed by atoms with Crippen molar-refractivity contribution in [3.8, 4) is 0 Å². The zero-order chi connectivity index (χ0) is 29.2. The maximum Gasteiger partial charge on any atom is 0.188 e. The lowest BCUT2D eigenvalue weighted by Crippen LogP contribution is -2.48. The summed E-state index contributed by atoms with van der Waals surface area (Å²) in [7, 11) is -5.73. The molecule has 0 radical (unpaired) electrons. The van der Waals surface area contributed by atoms with Crippen LogP contribution in [0.5, 0.6) is 0 Å². The molecule has 4 atom stereocenters. The first kappa shape index (κ1) is 45.1. The average Bonchev–Trinajstić information content (AvgIpc) is 2.79. The van der Waals surface area contributed by atoms with Crippen LogP contribution in [0.2, 0.25) is 80.6 Å². The molecule has 0 amide bonds. The lowest BCUT2D eigenvalue weighted by Gasteiger charge is -2.39. The third kappa shape index (κ3) is 23.5. The van der Waals surface area contributed by atoms with Gasteiger partial charge in [-0.05, 0) is 81.2 Å². The van der Waals surface area contributed by atoms with E-state index in [1.165, 1.54) is 42.6 Å². The summed E-state index contributed by atoms with van der Waals surface area (Å²) in [6, 6.07) is 6.02. The van der Waals surface area contributed by atoms with Gasteiger partial charge in [0.05, 0.1) is 8.07 Å². The molecule has 0 spiro atoms. The number of rotatable bonds is 16. The van der Waals surface area contributed by atoms with Gasteiger partial charge >= 0.3 is 0 Å². The second kappa shape index (κ2) is 22.8. The fourth-order valence-electron chi connectivity index (χ4n) is 4.37. The number of hydrogen-bond acceptors (Lipinski definition) is 2. The Morgan fingerprint density at radius 1 is 0.811 bits per heavy atom. The molecule has 8 heteroatoms. The summed E-state index contributed by atoms with van der Waals surface area (Å²) in [5.74, 6) is 1.58. The molecule has 0 saturated heterocycles. The van der Waals surface area contributed by atoms with Crippen LogP contribution >= 0.6 is 23.2 Å². The number of allylic oxidation sites excluding steroid dienone is 1. The van der Waals surface area contributed by atoms with E-state index >= 15 is 0 Å². The van der Waals surface area contributed by atoms with Crippen molar-refractivity contribution in [3.05, 3.63) is 12.2 Å². The predicted molar refractivity (Wildman–Crippen MR) is 189 cm³/mol. The van der Waals surface area contributed by atoms with Gasteiger partial charge < -0.3 is 8.91 Å². The van der Waals surface area contributed by atoms with Gasteiger partial charge in [-0.2, -0.15) is 0 Å². The van der Waals surface area contributed by atoms with Crippen molar-refractivity contribution in [1.29, 1.82) is 0 Å². The highest BCUT2D eigenvalue weighted by molar-refractivity contribution is 6.86. The van der Waals surface area contributed by atoms with Gasteiger partial charge in [-0.1, -0.05) is 86.5 Å². The standard InChI is InChI=1S/C12H29ClOSi2.C9H19ClSi.C7H18OSi.CH4/c1-7-12(3)16(6,8-2)14-15(4,5)11-9-10-13;1-9(2)8-11(3,4)7-5-6-10;1-5-7(3)9(4,8)6-2;/h12H,7-11H2,1-6H3;1,5-8H2,2-4H3;7-8H,5-6H2,1-4H3;1H4. The van der Waals surface area contributed by atoms with Gasteiger partial charge in [0.2, 0.25) is 0 Å². The summed E-state index contributed by atoms with van der Waals surface area (Å²) in [5.41, 5.74) is 2.65. The molecule has 0 heterocycles. The van der Waals surface area contributed by atoms with Crippen molar-refractivity contribution in [2.75, 3.05) is 11.8 Å². The van der Waals surface area contributed by atoms with E-state index in [-0.39, 0.29) is 7.43 Å².